The van der Waals surface area contributed by atoms with Gasteiger partial charge >= 0.3 is 0 Å². The number of fused-ring (bicyclic) bond motifs is 1. The maximum absolute atomic E-state index is 13.8. The Morgan fingerprint density at radius 2 is 1.78 bits per heavy atom. The molecule has 1 saturated carbocycles. The number of H-pyrrole nitrogens is 1. The fourth-order valence-corrected chi connectivity index (χ4v) is 5.50. The summed E-state index contributed by atoms with van der Waals surface area (Å²) in [6, 6.07) is 13.8. The van der Waals surface area contributed by atoms with Crippen molar-refractivity contribution in [2.45, 2.75) is 64.0 Å². The normalized spacial score (nSPS) is 17.8. The Morgan fingerprint density at radius 3 is 2.47 bits per heavy atom. The monoisotopic (exact) mass is 489 g/mol. The van der Waals surface area contributed by atoms with E-state index in [0.717, 1.165) is 72.4 Å². The predicted molar refractivity (Wildman–Crippen MR) is 139 cm³/mol. The first-order valence-electron chi connectivity index (χ1n) is 13.0. The lowest BCUT2D eigenvalue weighted by atomic mass is 9.90. The maximum atomic E-state index is 13.8. The molecule has 7 heteroatoms. The topological polar surface area (TPSA) is 76.7 Å². The summed E-state index contributed by atoms with van der Waals surface area (Å²) in [4.78, 5) is 15.9. The van der Waals surface area contributed by atoms with Crippen molar-refractivity contribution in [1.82, 2.24) is 15.1 Å². The van der Waals surface area contributed by atoms with Crippen molar-refractivity contribution < 1.29 is 19.0 Å². The molecule has 0 bridgehead atoms. The van der Waals surface area contributed by atoms with E-state index in [1.165, 1.54) is 6.42 Å². The third-order valence-corrected chi connectivity index (χ3v) is 7.39. The number of unbranched alkanes of at least 4 members (excludes halogenated alkanes) is 1. The molecule has 1 N–H and O–H groups in total. The third-order valence-electron chi connectivity index (χ3n) is 7.39. The average molecular weight is 490 g/mol. The van der Waals surface area contributed by atoms with Gasteiger partial charge in [0, 0.05) is 17.2 Å². The zero-order valence-corrected chi connectivity index (χ0v) is 21.4. The highest BCUT2D eigenvalue weighted by molar-refractivity contribution is 6.00. The van der Waals surface area contributed by atoms with Gasteiger partial charge in [0.2, 0.25) is 0 Å². The van der Waals surface area contributed by atoms with Crippen molar-refractivity contribution in [2.75, 3.05) is 20.8 Å². The fourth-order valence-electron chi connectivity index (χ4n) is 5.50. The summed E-state index contributed by atoms with van der Waals surface area (Å²) in [5, 5.41) is 7.69. The molecule has 36 heavy (non-hydrogen) atoms. The minimum atomic E-state index is -0.245. The number of aromatic nitrogens is 2. The van der Waals surface area contributed by atoms with E-state index >= 15 is 0 Å². The minimum absolute atomic E-state index is 0.0244. The first-order valence-corrected chi connectivity index (χ1v) is 13.0. The molecule has 2 aromatic carbocycles. The highest BCUT2D eigenvalue weighted by Crippen LogP contribution is 2.47. The van der Waals surface area contributed by atoms with Gasteiger partial charge in [-0.05, 0) is 61.2 Å². The molecule has 5 rings (SSSR count). The van der Waals surface area contributed by atoms with E-state index in [0.29, 0.717) is 18.1 Å². The van der Waals surface area contributed by atoms with Crippen LogP contribution in [0.5, 0.6) is 17.2 Å². The molecule has 7 nitrogen and oxygen atoms in total. The molecule has 1 fully saturated rings. The fraction of sp³-hybridized carbons (Fsp3) is 0.448. The standard InChI is InChI=1S/C29H35N3O4/c1-4-5-17-36-23-16-13-20(18-24(23)35-3)28-25-26(19-11-14-22(34-2)15-12-19)30-31-27(25)29(33)32(28)21-9-7-6-8-10-21/h11-16,18,21,28H,4-10,17H2,1-3H3,(H,30,31). The molecule has 1 aromatic heterocycles. The van der Waals surface area contributed by atoms with E-state index in [1.807, 2.05) is 36.4 Å². The van der Waals surface area contributed by atoms with Crippen molar-refractivity contribution in [3.8, 4) is 28.5 Å². The molecule has 0 spiro atoms. The van der Waals surface area contributed by atoms with Gasteiger partial charge in [-0.3, -0.25) is 9.89 Å². The van der Waals surface area contributed by atoms with E-state index in [1.54, 1.807) is 14.2 Å². The SMILES string of the molecule is CCCCOc1ccc(C2c3c(-c4ccc(OC)cc4)n[nH]c3C(=O)N2C2CCCCC2)cc1OC. The van der Waals surface area contributed by atoms with E-state index < -0.39 is 0 Å². The number of nitrogens with one attached hydrogen (secondary N) is 1. The molecule has 2 heterocycles. The van der Waals surface area contributed by atoms with E-state index in [-0.39, 0.29) is 18.0 Å². The molecular formula is C29H35N3O4. The van der Waals surface area contributed by atoms with E-state index in [2.05, 4.69) is 28.1 Å². The van der Waals surface area contributed by atoms with Gasteiger partial charge in [-0.1, -0.05) is 38.7 Å². The number of rotatable bonds is 9. The number of methoxy groups -OCH3 is 2. The summed E-state index contributed by atoms with van der Waals surface area (Å²) in [6.07, 6.45) is 7.61. The van der Waals surface area contributed by atoms with Gasteiger partial charge in [0.05, 0.1) is 32.6 Å². The molecule has 190 valence electrons. The molecule has 2 aliphatic rings. The highest BCUT2D eigenvalue weighted by atomic mass is 16.5. The van der Waals surface area contributed by atoms with Gasteiger partial charge in [-0.2, -0.15) is 5.10 Å². The Kier molecular flexibility index (Phi) is 7.16. The Bertz CT molecular complexity index is 1200. The Hall–Kier alpha value is -3.48. The van der Waals surface area contributed by atoms with Crippen LogP contribution in [0.25, 0.3) is 11.3 Å². The number of amides is 1. The smallest absolute Gasteiger partial charge is 0.273 e. The van der Waals surface area contributed by atoms with E-state index in [4.69, 9.17) is 14.2 Å². The van der Waals surface area contributed by atoms with Crippen molar-refractivity contribution in [3.63, 3.8) is 0 Å². The van der Waals surface area contributed by atoms with Crippen LogP contribution in [0.3, 0.4) is 0 Å². The molecule has 1 aliphatic carbocycles. The Balaban J connectivity index is 1.59. The maximum Gasteiger partial charge on any atom is 0.273 e. The van der Waals surface area contributed by atoms with Gasteiger partial charge in [0.1, 0.15) is 11.4 Å². The molecule has 1 aliphatic heterocycles. The predicted octanol–water partition coefficient (Wildman–Crippen LogP) is 6.15. The van der Waals surface area contributed by atoms with Crippen LogP contribution in [0.1, 0.15) is 79.5 Å². The number of carbonyl (C=O) groups excluding carboxylic acids is 1. The van der Waals surface area contributed by atoms with Crippen LogP contribution in [0.4, 0.5) is 0 Å². The van der Waals surface area contributed by atoms with Crippen molar-refractivity contribution in [3.05, 3.63) is 59.3 Å². The second-order valence-corrected chi connectivity index (χ2v) is 9.61. The van der Waals surface area contributed by atoms with Crippen molar-refractivity contribution in [1.29, 1.82) is 0 Å². The van der Waals surface area contributed by atoms with Crippen LogP contribution in [-0.2, 0) is 0 Å². The summed E-state index contributed by atoms with van der Waals surface area (Å²) in [7, 11) is 3.32. The van der Waals surface area contributed by atoms with Crippen LogP contribution < -0.4 is 14.2 Å². The summed E-state index contributed by atoms with van der Waals surface area (Å²) in [6.45, 7) is 2.79. The molecule has 0 saturated heterocycles. The lowest BCUT2D eigenvalue weighted by Gasteiger charge is -2.36. The van der Waals surface area contributed by atoms with Gasteiger partial charge in [0.25, 0.3) is 5.91 Å². The molecular weight excluding hydrogens is 454 g/mol. The largest absolute Gasteiger partial charge is 0.497 e. The third kappa shape index (κ3) is 4.43. The summed E-state index contributed by atoms with van der Waals surface area (Å²) < 4.78 is 17.1. The summed E-state index contributed by atoms with van der Waals surface area (Å²) in [5.41, 5.74) is 4.26. The zero-order valence-electron chi connectivity index (χ0n) is 21.4. The number of nitrogens with zero attached hydrogens (tertiary/aromatic N) is 2. The quantitative estimate of drug-likeness (QED) is 0.365. The van der Waals surface area contributed by atoms with Gasteiger partial charge in [-0.25, -0.2) is 0 Å². The first-order chi connectivity index (χ1) is 17.7. The molecule has 1 amide bonds. The van der Waals surface area contributed by atoms with Crippen molar-refractivity contribution >= 4 is 5.91 Å². The van der Waals surface area contributed by atoms with Crippen molar-refractivity contribution in [2.24, 2.45) is 0 Å². The summed E-state index contributed by atoms with van der Waals surface area (Å²) >= 11 is 0. The van der Waals surface area contributed by atoms with Gasteiger partial charge < -0.3 is 19.1 Å². The van der Waals surface area contributed by atoms with Crippen LogP contribution in [0.15, 0.2) is 42.5 Å². The van der Waals surface area contributed by atoms with Crippen LogP contribution >= 0.6 is 0 Å². The summed E-state index contributed by atoms with van der Waals surface area (Å²) in [5.74, 6) is 2.22. The van der Waals surface area contributed by atoms with Gasteiger partial charge in [0.15, 0.2) is 11.5 Å². The number of aromatic amines is 1. The van der Waals surface area contributed by atoms with Crippen LogP contribution in [0.2, 0.25) is 0 Å². The highest BCUT2D eigenvalue weighted by Gasteiger charge is 2.45. The second kappa shape index (κ2) is 10.6. The van der Waals surface area contributed by atoms with Crippen LogP contribution in [0, 0.1) is 0 Å². The molecule has 0 radical (unpaired) electrons. The van der Waals surface area contributed by atoms with E-state index in [9.17, 15) is 4.79 Å². The molecule has 1 unspecified atom stereocenters. The average Bonchev–Trinajstić information content (AvgIpc) is 3.48. The first kappa shape index (κ1) is 24.2. The number of hydrogen-bond donors (Lipinski definition) is 1. The van der Waals surface area contributed by atoms with Gasteiger partial charge in [-0.15, -0.1) is 0 Å². The number of hydrogen-bond acceptors (Lipinski definition) is 5. The minimum Gasteiger partial charge on any atom is -0.497 e. The Labute approximate surface area is 212 Å². The molecule has 3 aromatic rings. The lowest BCUT2D eigenvalue weighted by molar-refractivity contribution is 0.0606. The Morgan fingerprint density at radius 1 is 1.00 bits per heavy atom. The number of ether oxygens (including phenoxy) is 3. The molecule has 1 atom stereocenters. The number of benzene rings is 2. The lowest BCUT2D eigenvalue weighted by Crippen LogP contribution is -2.40. The zero-order chi connectivity index (χ0) is 25.1. The second-order valence-electron chi connectivity index (χ2n) is 9.61. The number of carbonyl (C=O) groups is 1. The van der Waals surface area contributed by atoms with Crippen LogP contribution in [-0.4, -0.2) is 47.9 Å².